The van der Waals surface area contributed by atoms with E-state index in [2.05, 4.69) is 6.92 Å². The molecule has 52 heavy (non-hydrogen) atoms. The Hall–Kier alpha value is -4.58. The van der Waals surface area contributed by atoms with Crippen LogP contribution in [0.4, 0.5) is 0 Å². The minimum absolute atomic E-state index is 0.0931. The van der Waals surface area contributed by atoms with Crippen LogP contribution in [0.5, 0.6) is 11.5 Å². The number of hydrogen-bond donors (Lipinski definition) is 2. The van der Waals surface area contributed by atoms with Crippen LogP contribution in [0.15, 0.2) is 53.6 Å². The lowest BCUT2D eigenvalue weighted by molar-refractivity contribution is -0.156. The Labute approximate surface area is 304 Å². The van der Waals surface area contributed by atoms with Crippen molar-refractivity contribution in [2.45, 2.75) is 97.5 Å². The molecule has 1 heterocycles. The molecule has 0 bridgehead atoms. The van der Waals surface area contributed by atoms with Crippen molar-refractivity contribution in [1.29, 1.82) is 0 Å². The largest absolute Gasteiger partial charge is 0.506 e. The van der Waals surface area contributed by atoms with Crippen molar-refractivity contribution in [1.82, 2.24) is 4.90 Å². The van der Waals surface area contributed by atoms with Gasteiger partial charge in [0.25, 0.3) is 5.91 Å². The highest BCUT2D eigenvalue weighted by Gasteiger charge is 2.41. The van der Waals surface area contributed by atoms with E-state index in [1.165, 1.54) is 30.2 Å². The molecule has 3 aromatic rings. The molecule has 11 nitrogen and oxygen atoms in total. The Bertz CT molecular complexity index is 1860. The van der Waals surface area contributed by atoms with Crippen molar-refractivity contribution < 1.29 is 48.3 Å². The number of ether oxygens (including phenoxy) is 4. The fourth-order valence-electron chi connectivity index (χ4n) is 6.71. The first-order chi connectivity index (χ1) is 24.8. The van der Waals surface area contributed by atoms with Crippen LogP contribution in [0.25, 0.3) is 10.8 Å². The number of phenolic OH excluding ortho intramolecular Hbond substituents is 1. The Morgan fingerprint density at radius 1 is 0.923 bits per heavy atom. The Balaban J connectivity index is 1.49. The van der Waals surface area contributed by atoms with Crippen molar-refractivity contribution in [3.05, 3.63) is 81.4 Å². The highest BCUT2D eigenvalue weighted by molar-refractivity contribution is 6.30. The minimum Gasteiger partial charge on any atom is -0.506 e. The molecule has 11 heteroatoms. The lowest BCUT2D eigenvalue weighted by Crippen LogP contribution is -2.33. The van der Waals surface area contributed by atoms with Gasteiger partial charge < -0.3 is 34.1 Å². The Morgan fingerprint density at radius 2 is 1.63 bits per heavy atom. The first-order valence-corrected chi connectivity index (χ1v) is 18.0. The second kappa shape index (κ2) is 16.8. The summed E-state index contributed by atoms with van der Waals surface area (Å²) in [6.07, 6.45) is 4.35. The number of benzene rings is 3. The summed E-state index contributed by atoms with van der Waals surface area (Å²) in [6.45, 7) is 7.51. The molecule has 0 fully saturated rings. The number of unbranched alkanes of at least 4 members (excludes halogenated alkanes) is 5. The number of Topliss-reactive ketones (excluding diaryl/α,β-unsaturated/α-hetero) is 2. The summed E-state index contributed by atoms with van der Waals surface area (Å²) in [5, 5.41) is 23.8. The molecule has 5 rings (SSSR count). The van der Waals surface area contributed by atoms with Crippen LogP contribution >= 0.6 is 0 Å². The number of esters is 1. The fourth-order valence-corrected chi connectivity index (χ4v) is 6.71. The van der Waals surface area contributed by atoms with E-state index in [4.69, 9.17) is 18.9 Å². The van der Waals surface area contributed by atoms with Crippen LogP contribution in [0.2, 0.25) is 0 Å². The molecule has 278 valence electrons. The smallest absolute Gasteiger partial charge is 0.309 e. The van der Waals surface area contributed by atoms with E-state index in [0.717, 1.165) is 24.8 Å². The molecular weight excluding hydrogens is 666 g/mol. The molecule has 3 aromatic carbocycles. The van der Waals surface area contributed by atoms with Crippen LogP contribution in [0, 0.1) is 0 Å². The van der Waals surface area contributed by atoms with Crippen molar-refractivity contribution >= 4 is 34.2 Å². The van der Waals surface area contributed by atoms with E-state index >= 15 is 0 Å². The summed E-state index contributed by atoms with van der Waals surface area (Å²) in [7, 11) is 1.62. The third-order valence-corrected chi connectivity index (χ3v) is 9.15. The molecule has 0 saturated heterocycles. The first-order valence-electron chi connectivity index (χ1n) is 18.0. The monoisotopic (exact) mass is 715 g/mol. The molecular formula is C41H49NO10. The summed E-state index contributed by atoms with van der Waals surface area (Å²) in [5.74, 6) is -2.82. The number of aliphatic hydroxyl groups is 1. The van der Waals surface area contributed by atoms with Gasteiger partial charge in [0.15, 0.2) is 18.4 Å². The zero-order valence-electron chi connectivity index (χ0n) is 30.7. The van der Waals surface area contributed by atoms with Gasteiger partial charge in [0.1, 0.15) is 17.1 Å². The van der Waals surface area contributed by atoms with Gasteiger partial charge in [-0.1, -0.05) is 69.4 Å². The fraction of sp³-hybridized carbons (Fsp3) is 0.463. The van der Waals surface area contributed by atoms with Gasteiger partial charge in [0.05, 0.1) is 43.5 Å². The standard InChI is InChI=1S/C41H49NO10/c1-6-7-8-9-10-14-17-49-24-51-31-19-26-18-27-36(38(46)33(26)28-21-42(5)40(48)35(28)31)39(47)34(30(43)20-32(44)52-41(2,3)4)29(37(27)45)23-50-22-25-15-12-11-13-16-25/h11-13,15-16,18-19,30,43,46H,6-10,14,17,20-24H2,1-5H3. The average Bonchev–Trinajstić information content (AvgIpc) is 3.38. The molecule has 1 unspecified atom stereocenters. The molecule has 1 aliphatic heterocycles. The van der Waals surface area contributed by atoms with Gasteiger partial charge in [-0.25, -0.2) is 0 Å². The quantitative estimate of drug-likeness (QED) is 0.0866. The highest BCUT2D eigenvalue weighted by atomic mass is 16.7. The number of phenols is 1. The molecule has 0 saturated carbocycles. The van der Waals surface area contributed by atoms with Gasteiger partial charge in [-0.2, -0.15) is 0 Å². The summed E-state index contributed by atoms with van der Waals surface area (Å²) in [5.41, 5.74) is -0.234. The summed E-state index contributed by atoms with van der Waals surface area (Å²) >= 11 is 0. The lowest BCUT2D eigenvalue weighted by Gasteiger charge is -2.26. The Kier molecular flexibility index (Phi) is 12.5. The van der Waals surface area contributed by atoms with Crippen LogP contribution in [0.3, 0.4) is 0 Å². The number of amides is 1. The number of hydrogen-bond acceptors (Lipinski definition) is 10. The number of fused-ring (bicyclic) bond motifs is 4. The maximum atomic E-state index is 14.3. The summed E-state index contributed by atoms with van der Waals surface area (Å²) in [4.78, 5) is 56.1. The molecule has 0 spiro atoms. The predicted molar refractivity (Wildman–Crippen MR) is 194 cm³/mol. The van der Waals surface area contributed by atoms with E-state index in [1.807, 2.05) is 30.3 Å². The van der Waals surface area contributed by atoms with E-state index in [1.54, 1.807) is 33.9 Å². The zero-order chi connectivity index (χ0) is 37.6. The summed E-state index contributed by atoms with van der Waals surface area (Å²) in [6, 6.07) is 12.3. The third kappa shape index (κ3) is 8.71. The van der Waals surface area contributed by atoms with Gasteiger partial charge in [0.2, 0.25) is 0 Å². The first kappa shape index (κ1) is 38.6. The number of rotatable bonds is 17. The molecule has 2 aliphatic rings. The molecule has 0 aromatic heterocycles. The van der Waals surface area contributed by atoms with Gasteiger partial charge in [-0.3, -0.25) is 19.2 Å². The second-order valence-corrected chi connectivity index (χ2v) is 14.4. The van der Waals surface area contributed by atoms with E-state index in [9.17, 15) is 29.4 Å². The number of carbonyl (C=O) groups is 4. The number of aliphatic hydroxyl groups excluding tert-OH is 1. The minimum atomic E-state index is -1.73. The molecule has 1 aliphatic carbocycles. The maximum Gasteiger partial charge on any atom is 0.309 e. The Morgan fingerprint density at radius 3 is 2.35 bits per heavy atom. The zero-order valence-corrected chi connectivity index (χ0v) is 30.7. The van der Waals surface area contributed by atoms with E-state index in [-0.39, 0.29) is 71.4 Å². The van der Waals surface area contributed by atoms with Gasteiger partial charge in [-0.15, -0.1) is 0 Å². The van der Waals surface area contributed by atoms with Crippen molar-refractivity contribution in [3.8, 4) is 11.5 Å². The average molecular weight is 716 g/mol. The highest BCUT2D eigenvalue weighted by Crippen LogP contribution is 2.45. The van der Waals surface area contributed by atoms with Gasteiger partial charge in [-0.05, 0) is 55.8 Å². The van der Waals surface area contributed by atoms with Crippen LogP contribution in [-0.4, -0.2) is 77.3 Å². The molecule has 1 amide bonds. The molecule has 1 atom stereocenters. The topological polar surface area (TPSA) is 149 Å². The number of aromatic hydroxyl groups is 1. The lowest BCUT2D eigenvalue weighted by atomic mass is 9.79. The van der Waals surface area contributed by atoms with E-state index < -0.39 is 41.4 Å². The van der Waals surface area contributed by atoms with Crippen molar-refractivity contribution in [3.63, 3.8) is 0 Å². The number of nitrogens with zero attached hydrogens (tertiary/aromatic N) is 1. The van der Waals surface area contributed by atoms with Crippen LogP contribution in [0.1, 0.15) is 115 Å². The third-order valence-electron chi connectivity index (χ3n) is 9.15. The van der Waals surface area contributed by atoms with Crippen molar-refractivity contribution in [2.24, 2.45) is 0 Å². The predicted octanol–water partition coefficient (Wildman–Crippen LogP) is 6.83. The maximum absolute atomic E-state index is 14.3. The molecule has 2 N–H and O–H groups in total. The normalized spacial score (nSPS) is 15.0. The summed E-state index contributed by atoms with van der Waals surface area (Å²) < 4.78 is 23.0. The van der Waals surface area contributed by atoms with Gasteiger partial charge >= 0.3 is 5.97 Å². The van der Waals surface area contributed by atoms with Crippen molar-refractivity contribution in [2.75, 3.05) is 27.1 Å². The van der Waals surface area contributed by atoms with Crippen LogP contribution in [-0.2, 0) is 32.2 Å². The second-order valence-electron chi connectivity index (χ2n) is 14.4. The van der Waals surface area contributed by atoms with Crippen LogP contribution < -0.4 is 4.74 Å². The number of ketones is 2. The van der Waals surface area contributed by atoms with E-state index in [0.29, 0.717) is 17.6 Å². The SMILES string of the molecule is CCCCCCCCOCOc1cc2cc3c(c(O)c2c2c1C(=O)N(C)C2)C(=O)C(C(O)CC(=O)OC(C)(C)C)=C(COCc1ccccc1)C3=O. The molecule has 0 radical (unpaired) electrons. The van der Waals surface area contributed by atoms with Gasteiger partial charge in [0, 0.05) is 35.7 Å². The number of carbonyl (C=O) groups excluding carboxylic acids is 4.